The van der Waals surface area contributed by atoms with Crippen LogP contribution in [0.3, 0.4) is 0 Å². The number of carbonyl (C=O) groups is 1. The Bertz CT molecular complexity index is 798. The molecule has 0 saturated carbocycles. The molecular formula is C19H21NO4S. The summed E-state index contributed by atoms with van der Waals surface area (Å²) in [6, 6.07) is 9.82. The maximum atomic E-state index is 12.9. The lowest BCUT2D eigenvalue weighted by atomic mass is 10.0. The number of amides is 1. The van der Waals surface area contributed by atoms with Crippen LogP contribution in [-0.4, -0.2) is 49.3 Å². The van der Waals surface area contributed by atoms with Gasteiger partial charge in [0.05, 0.1) is 23.6 Å². The van der Waals surface area contributed by atoms with Gasteiger partial charge in [0.2, 0.25) is 0 Å². The second-order valence-corrected chi connectivity index (χ2v) is 7.93. The molecule has 1 fully saturated rings. The van der Waals surface area contributed by atoms with E-state index in [-0.39, 0.29) is 11.4 Å². The Hall–Kier alpha value is -2.05. The number of hydrogen-bond acceptors (Lipinski definition) is 5. The highest BCUT2D eigenvalue weighted by Crippen LogP contribution is 2.37. The van der Waals surface area contributed by atoms with E-state index in [1.807, 2.05) is 49.1 Å². The Balaban J connectivity index is 1.59. The summed E-state index contributed by atoms with van der Waals surface area (Å²) in [5.41, 5.74) is 0.755. The minimum absolute atomic E-state index is 0.0714. The fraction of sp³-hybridized carbons (Fsp3) is 0.421. The van der Waals surface area contributed by atoms with Crippen LogP contribution in [-0.2, 0) is 4.74 Å². The van der Waals surface area contributed by atoms with E-state index in [1.54, 1.807) is 0 Å². The standard InChI is InChI=1S/C19H21NO4S/c1-19(2)12-22-8-7-20(19)18(21)17-6-5-16(25-17)13-3-4-14-15(11-13)24-10-9-23-14/h3-6,11H,7-10,12H2,1-2H3. The van der Waals surface area contributed by atoms with E-state index in [0.717, 1.165) is 26.8 Å². The van der Waals surface area contributed by atoms with Gasteiger partial charge in [0.1, 0.15) is 13.2 Å². The Kier molecular flexibility index (Phi) is 4.17. The summed E-state index contributed by atoms with van der Waals surface area (Å²) < 4.78 is 16.7. The van der Waals surface area contributed by atoms with E-state index in [1.165, 1.54) is 11.3 Å². The predicted octanol–water partition coefficient (Wildman–Crippen LogP) is 3.44. The summed E-state index contributed by atoms with van der Waals surface area (Å²) in [4.78, 5) is 16.6. The number of benzene rings is 1. The van der Waals surface area contributed by atoms with Crippen molar-refractivity contribution >= 4 is 17.2 Å². The van der Waals surface area contributed by atoms with Crippen LogP contribution < -0.4 is 9.47 Å². The molecule has 2 aliphatic rings. The molecule has 1 aromatic heterocycles. The van der Waals surface area contributed by atoms with Gasteiger partial charge in [0.15, 0.2) is 11.5 Å². The SMILES string of the molecule is CC1(C)COCCN1C(=O)c1ccc(-c2ccc3c(c2)OCCO3)s1. The quantitative estimate of drug-likeness (QED) is 0.824. The highest BCUT2D eigenvalue weighted by Gasteiger charge is 2.35. The molecule has 5 nitrogen and oxygen atoms in total. The number of rotatable bonds is 2. The highest BCUT2D eigenvalue weighted by molar-refractivity contribution is 7.17. The summed E-state index contributed by atoms with van der Waals surface area (Å²) in [5.74, 6) is 1.61. The lowest BCUT2D eigenvalue weighted by Crippen LogP contribution is -2.55. The van der Waals surface area contributed by atoms with Gasteiger partial charge in [-0.1, -0.05) is 0 Å². The minimum Gasteiger partial charge on any atom is -0.486 e. The van der Waals surface area contributed by atoms with Crippen LogP contribution in [0.25, 0.3) is 10.4 Å². The van der Waals surface area contributed by atoms with Gasteiger partial charge in [-0.2, -0.15) is 0 Å². The van der Waals surface area contributed by atoms with Crippen LogP contribution in [0.1, 0.15) is 23.5 Å². The zero-order valence-electron chi connectivity index (χ0n) is 14.4. The Morgan fingerprint density at radius 3 is 2.68 bits per heavy atom. The number of hydrogen-bond donors (Lipinski definition) is 0. The van der Waals surface area contributed by atoms with Crippen LogP contribution in [0.15, 0.2) is 30.3 Å². The van der Waals surface area contributed by atoms with Crippen molar-refractivity contribution in [2.45, 2.75) is 19.4 Å². The molecule has 0 bridgehead atoms. The molecular weight excluding hydrogens is 338 g/mol. The molecule has 0 N–H and O–H groups in total. The van der Waals surface area contributed by atoms with Crippen molar-refractivity contribution < 1.29 is 19.0 Å². The first-order valence-corrected chi connectivity index (χ1v) is 9.26. The molecule has 1 saturated heterocycles. The molecule has 0 aliphatic carbocycles. The third-order valence-corrected chi connectivity index (χ3v) is 5.66. The molecule has 132 valence electrons. The summed E-state index contributed by atoms with van der Waals surface area (Å²) in [6.45, 7) is 7.02. The van der Waals surface area contributed by atoms with Crippen LogP contribution in [0.4, 0.5) is 0 Å². The van der Waals surface area contributed by atoms with Crippen molar-refractivity contribution in [3.63, 3.8) is 0 Å². The maximum absolute atomic E-state index is 12.9. The Morgan fingerprint density at radius 2 is 1.88 bits per heavy atom. The van der Waals surface area contributed by atoms with E-state index in [0.29, 0.717) is 33.0 Å². The molecule has 1 aromatic carbocycles. The fourth-order valence-electron chi connectivity index (χ4n) is 3.17. The van der Waals surface area contributed by atoms with Crippen molar-refractivity contribution in [1.29, 1.82) is 0 Å². The average Bonchev–Trinajstić information content (AvgIpc) is 3.10. The zero-order valence-corrected chi connectivity index (χ0v) is 15.2. The molecule has 1 amide bonds. The van der Waals surface area contributed by atoms with Crippen molar-refractivity contribution in [2.24, 2.45) is 0 Å². The summed E-state index contributed by atoms with van der Waals surface area (Å²) in [5, 5.41) is 0. The Morgan fingerprint density at radius 1 is 1.08 bits per heavy atom. The topological polar surface area (TPSA) is 48.0 Å². The van der Waals surface area contributed by atoms with E-state index in [2.05, 4.69) is 0 Å². The molecule has 4 rings (SSSR count). The first kappa shape index (κ1) is 16.4. The van der Waals surface area contributed by atoms with Gasteiger partial charge < -0.3 is 19.1 Å². The van der Waals surface area contributed by atoms with Gasteiger partial charge in [0.25, 0.3) is 5.91 Å². The lowest BCUT2D eigenvalue weighted by Gasteiger charge is -2.41. The second-order valence-electron chi connectivity index (χ2n) is 6.84. The normalized spacial score (nSPS) is 18.9. The number of nitrogens with zero attached hydrogens (tertiary/aromatic N) is 1. The third-order valence-electron chi connectivity index (χ3n) is 4.53. The van der Waals surface area contributed by atoms with Crippen LogP contribution >= 0.6 is 11.3 Å². The summed E-state index contributed by atoms with van der Waals surface area (Å²) >= 11 is 1.51. The largest absolute Gasteiger partial charge is 0.486 e. The van der Waals surface area contributed by atoms with E-state index < -0.39 is 0 Å². The molecule has 0 radical (unpaired) electrons. The van der Waals surface area contributed by atoms with E-state index >= 15 is 0 Å². The van der Waals surface area contributed by atoms with Gasteiger partial charge in [-0.25, -0.2) is 0 Å². The molecule has 25 heavy (non-hydrogen) atoms. The van der Waals surface area contributed by atoms with E-state index in [9.17, 15) is 4.79 Å². The monoisotopic (exact) mass is 359 g/mol. The van der Waals surface area contributed by atoms with Crippen molar-refractivity contribution in [3.8, 4) is 21.9 Å². The molecule has 3 heterocycles. The van der Waals surface area contributed by atoms with E-state index in [4.69, 9.17) is 14.2 Å². The van der Waals surface area contributed by atoms with Crippen LogP contribution in [0.2, 0.25) is 0 Å². The van der Waals surface area contributed by atoms with Gasteiger partial charge >= 0.3 is 0 Å². The first-order chi connectivity index (χ1) is 12.0. The van der Waals surface area contributed by atoms with Gasteiger partial charge in [0, 0.05) is 11.4 Å². The first-order valence-electron chi connectivity index (χ1n) is 8.44. The van der Waals surface area contributed by atoms with Crippen molar-refractivity contribution in [3.05, 3.63) is 35.2 Å². The smallest absolute Gasteiger partial charge is 0.264 e. The molecule has 0 unspecified atom stereocenters. The number of carbonyl (C=O) groups excluding carboxylic acids is 1. The second kappa shape index (κ2) is 6.35. The van der Waals surface area contributed by atoms with Crippen molar-refractivity contribution in [2.75, 3.05) is 33.0 Å². The van der Waals surface area contributed by atoms with Gasteiger partial charge in [-0.3, -0.25) is 4.79 Å². The molecule has 0 spiro atoms. The molecule has 6 heteroatoms. The van der Waals surface area contributed by atoms with Crippen molar-refractivity contribution in [1.82, 2.24) is 4.90 Å². The maximum Gasteiger partial charge on any atom is 0.264 e. The fourth-order valence-corrected chi connectivity index (χ4v) is 4.12. The zero-order chi connectivity index (χ0) is 17.4. The molecule has 0 atom stereocenters. The number of fused-ring (bicyclic) bond motifs is 1. The minimum atomic E-state index is -0.281. The average molecular weight is 359 g/mol. The summed E-state index contributed by atoms with van der Waals surface area (Å²) in [7, 11) is 0. The van der Waals surface area contributed by atoms with Crippen LogP contribution in [0.5, 0.6) is 11.5 Å². The lowest BCUT2D eigenvalue weighted by molar-refractivity contribution is -0.0368. The molecule has 2 aliphatic heterocycles. The van der Waals surface area contributed by atoms with Gasteiger partial charge in [-0.05, 0) is 49.7 Å². The predicted molar refractivity (Wildman–Crippen MR) is 96.7 cm³/mol. The molecule has 2 aromatic rings. The number of ether oxygens (including phenoxy) is 3. The third kappa shape index (κ3) is 3.12. The number of thiophene rings is 1. The van der Waals surface area contributed by atoms with Gasteiger partial charge in [-0.15, -0.1) is 11.3 Å². The highest BCUT2D eigenvalue weighted by atomic mass is 32.1. The Labute approximate surface area is 151 Å². The van der Waals surface area contributed by atoms with Crippen LogP contribution in [0, 0.1) is 0 Å². The summed E-state index contributed by atoms with van der Waals surface area (Å²) in [6.07, 6.45) is 0. The number of morpholine rings is 1.